The molecule has 1 aliphatic heterocycles. The minimum absolute atomic E-state index is 0.0451. The molecule has 6 nitrogen and oxygen atoms in total. The predicted octanol–water partition coefficient (Wildman–Crippen LogP) is 3.33. The van der Waals surface area contributed by atoms with Crippen molar-refractivity contribution in [3.8, 4) is 0 Å². The number of rotatable bonds is 7. The second kappa shape index (κ2) is 10.2. The lowest BCUT2D eigenvalue weighted by atomic mass is 10.1. The molecule has 1 amide bonds. The van der Waals surface area contributed by atoms with Gasteiger partial charge in [-0.3, -0.25) is 9.69 Å². The van der Waals surface area contributed by atoms with Gasteiger partial charge in [0.1, 0.15) is 5.82 Å². The number of primary sulfonamides is 1. The Balaban J connectivity index is 1.81. The zero-order chi connectivity index (χ0) is 23.5. The Bertz CT molecular complexity index is 1090. The Morgan fingerprint density at radius 1 is 1.28 bits per heavy atom. The van der Waals surface area contributed by atoms with Crippen molar-refractivity contribution in [2.75, 3.05) is 26.2 Å². The molecule has 2 aromatic rings. The summed E-state index contributed by atoms with van der Waals surface area (Å²) < 4.78 is 37.4. The van der Waals surface area contributed by atoms with Gasteiger partial charge in [-0.2, -0.15) is 0 Å². The first-order valence-corrected chi connectivity index (χ1v) is 12.7. The van der Waals surface area contributed by atoms with Crippen LogP contribution in [-0.2, 0) is 14.8 Å². The summed E-state index contributed by atoms with van der Waals surface area (Å²) in [5.41, 5.74) is 1.44. The molecule has 0 unspecified atom stereocenters. The van der Waals surface area contributed by atoms with Gasteiger partial charge in [0.05, 0.1) is 4.90 Å². The molecule has 32 heavy (non-hydrogen) atoms. The second-order valence-electron chi connectivity index (χ2n) is 7.98. The standard InChI is InChI=1S/C23H28FN3O3S2/c1-4-23(28)27-12-11-26(14-17(27)3)15-22(18-6-5-16(2)21(24)13-18)31-19-7-9-20(10-8-19)32(25,29)30/h4-10,13,17,22H,1,11-12,14-15H2,2-3H3,(H2,25,29,30)/t17-,22-/m1/s1. The van der Waals surface area contributed by atoms with E-state index in [-0.39, 0.29) is 27.9 Å². The maximum absolute atomic E-state index is 14.3. The molecule has 3 rings (SSSR count). The number of nitrogens with two attached hydrogens (primary N) is 1. The van der Waals surface area contributed by atoms with Crippen LogP contribution in [0, 0.1) is 12.7 Å². The highest BCUT2D eigenvalue weighted by molar-refractivity contribution is 7.99. The van der Waals surface area contributed by atoms with E-state index in [0.717, 1.165) is 10.5 Å². The van der Waals surface area contributed by atoms with Crippen LogP contribution in [0.1, 0.15) is 23.3 Å². The summed E-state index contributed by atoms with van der Waals surface area (Å²) >= 11 is 1.54. The molecule has 1 aliphatic rings. The maximum Gasteiger partial charge on any atom is 0.246 e. The van der Waals surface area contributed by atoms with E-state index in [1.165, 1.54) is 18.2 Å². The number of nitrogens with zero attached hydrogens (tertiary/aromatic N) is 2. The average Bonchev–Trinajstić information content (AvgIpc) is 2.74. The fourth-order valence-corrected chi connectivity index (χ4v) is 5.48. The fourth-order valence-electron chi connectivity index (χ4n) is 3.77. The third kappa shape index (κ3) is 5.98. The van der Waals surface area contributed by atoms with E-state index in [2.05, 4.69) is 11.5 Å². The third-order valence-corrected chi connectivity index (χ3v) is 7.77. The van der Waals surface area contributed by atoms with Gasteiger partial charge < -0.3 is 4.90 Å². The molecule has 0 aromatic heterocycles. The summed E-state index contributed by atoms with van der Waals surface area (Å²) in [5.74, 6) is -0.328. The van der Waals surface area contributed by atoms with Gasteiger partial charge in [-0.15, -0.1) is 11.8 Å². The van der Waals surface area contributed by atoms with Crippen molar-refractivity contribution >= 4 is 27.7 Å². The number of benzene rings is 2. The molecule has 2 N–H and O–H groups in total. The second-order valence-corrected chi connectivity index (χ2v) is 10.8. The van der Waals surface area contributed by atoms with Crippen LogP contribution in [0.15, 0.2) is 64.9 Å². The van der Waals surface area contributed by atoms with Gasteiger partial charge in [-0.25, -0.2) is 17.9 Å². The van der Waals surface area contributed by atoms with E-state index in [1.54, 1.807) is 43.0 Å². The maximum atomic E-state index is 14.3. The van der Waals surface area contributed by atoms with Crippen molar-refractivity contribution in [1.29, 1.82) is 0 Å². The molecule has 1 heterocycles. The average molecular weight is 478 g/mol. The first kappa shape index (κ1) is 24.4. The summed E-state index contributed by atoms with van der Waals surface area (Å²) in [7, 11) is -3.76. The Morgan fingerprint density at radius 3 is 2.53 bits per heavy atom. The Hall–Kier alpha value is -2.20. The lowest BCUT2D eigenvalue weighted by Gasteiger charge is -2.40. The highest BCUT2D eigenvalue weighted by atomic mass is 32.2. The zero-order valence-corrected chi connectivity index (χ0v) is 19.8. The summed E-state index contributed by atoms with van der Waals surface area (Å²) in [6.07, 6.45) is 1.34. The van der Waals surface area contributed by atoms with Crippen molar-refractivity contribution in [1.82, 2.24) is 9.80 Å². The molecular formula is C23H28FN3O3S2. The lowest BCUT2D eigenvalue weighted by molar-refractivity contribution is -0.130. The largest absolute Gasteiger partial charge is 0.334 e. The van der Waals surface area contributed by atoms with Crippen molar-refractivity contribution < 1.29 is 17.6 Å². The van der Waals surface area contributed by atoms with Gasteiger partial charge in [-0.05, 0) is 61.4 Å². The van der Waals surface area contributed by atoms with Crippen LogP contribution >= 0.6 is 11.8 Å². The van der Waals surface area contributed by atoms with Crippen molar-refractivity contribution in [3.63, 3.8) is 0 Å². The summed E-state index contributed by atoms with van der Waals surface area (Å²) in [4.78, 5) is 17.0. The van der Waals surface area contributed by atoms with E-state index >= 15 is 0 Å². The number of hydrogen-bond acceptors (Lipinski definition) is 5. The molecule has 2 atom stereocenters. The monoisotopic (exact) mass is 477 g/mol. The molecule has 0 spiro atoms. The van der Waals surface area contributed by atoms with Crippen molar-refractivity contribution in [2.45, 2.75) is 34.9 Å². The van der Waals surface area contributed by atoms with Gasteiger partial charge in [0.2, 0.25) is 15.9 Å². The fraction of sp³-hybridized carbons (Fsp3) is 0.348. The van der Waals surface area contributed by atoms with E-state index in [9.17, 15) is 17.6 Å². The van der Waals surface area contributed by atoms with Crippen LogP contribution in [0.3, 0.4) is 0 Å². The van der Waals surface area contributed by atoms with E-state index in [0.29, 0.717) is 31.7 Å². The van der Waals surface area contributed by atoms with Gasteiger partial charge >= 0.3 is 0 Å². The van der Waals surface area contributed by atoms with Crippen molar-refractivity contribution in [2.24, 2.45) is 5.14 Å². The van der Waals surface area contributed by atoms with Crippen LogP contribution in [0.5, 0.6) is 0 Å². The lowest BCUT2D eigenvalue weighted by Crippen LogP contribution is -2.54. The number of piperazine rings is 1. The minimum atomic E-state index is -3.76. The molecule has 9 heteroatoms. The smallest absolute Gasteiger partial charge is 0.246 e. The molecule has 0 aliphatic carbocycles. The Morgan fingerprint density at radius 2 is 1.97 bits per heavy atom. The topological polar surface area (TPSA) is 83.7 Å². The highest BCUT2D eigenvalue weighted by Gasteiger charge is 2.28. The molecule has 0 bridgehead atoms. The van der Waals surface area contributed by atoms with Gasteiger partial charge in [0, 0.05) is 42.4 Å². The summed E-state index contributed by atoms with van der Waals surface area (Å²) in [6.45, 7) is 9.98. The molecule has 0 radical (unpaired) electrons. The number of carbonyl (C=O) groups excluding carboxylic acids is 1. The van der Waals surface area contributed by atoms with E-state index in [4.69, 9.17) is 5.14 Å². The number of aryl methyl sites for hydroxylation is 1. The van der Waals surface area contributed by atoms with Crippen LogP contribution in [0.2, 0.25) is 0 Å². The zero-order valence-electron chi connectivity index (χ0n) is 18.2. The van der Waals surface area contributed by atoms with Crippen LogP contribution in [0.4, 0.5) is 4.39 Å². The first-order chi connectivity index (χ1) is 15.1. The quantitative estimate of drug-likeness (QED) is 0.489. The minimum Gasteiger partial charge on any atom is -0.334 e. The molecule has 1 fully saturated rings. The normalized spacial score (nSPS) is 18.4. The number of amides is 1. The van der Waals surface area contributed by atoms with Gasteiger partial charge in [-0.1, -0.05) is 18.7 Å². The number of halogens is 1. The van der Waals surface area contributed by atoms with Crippen LogP contribution < -0.4 is 5.14 Å². The molecule has 2 aromatic carbocycles. The number of hydrogen-bond donors (Lipinski definition) is 1. The molecular weight excluding hydrogens is 449 g/mol. The Labute approximate surface area is 193 Å². The van der Waals surface area contributed by atoms with Crippen LogP contribution in [-0.4, -0.2) is 56.3 Å². The van der Waals surface area contributed by atoms with Crippen molar-refractivity contribution in [3.05, 3.63) is 72.1 Å². The first-order valence-electron chi connectivity index (χ1n) is 10.3. The third-order valence-electron chi connectivity index (χ3n) is 5.59. The SMILES string of the molecule is C=CC(=O)N1CCN(C[C@@H](Sc2ccc(S(N)(=O)=O)cc2)c2ccc(C)c(F)c2)C[C@H]1C. The number of sulfonamides is 1. The Kier molecular flexibility index (Phi) is 7.76. The molecule has 0 saturated carbocycles. The number of thioether (sulfide) groups is 1. The highest BCUT2D eigenvalue weighted by Crippen LogP contribution is 2.37. The van der Waals surface area contributed by atoms with E-state index in [1.807, 2.05) is 17.9 Å². The van der Waals surface area contributed by atoms with Gasteiger partial charge in [0.25, 0.3) is 0 Å². The summed E-state index contributed by atoms with van der Waals surface area (Å²) in [6, 6.07) is 11.7. The predicted molar refractivity (Wildman–Crippen MR) is 125 cm³/mol. The van der Waals surface area contributed by atoms with E-state index < -0.39 is 10.0 Å². The van der Waals surface area contributed by atoms with Gasteiger partial charge in [0.15, 0.2) is 0 Å². The number of carbonyl (C=O) groups is 1. The summed E-state index contributed by atoms with van der Waals surface area (Å²) in [5, 5.41) is 5.11. The molecule has 172 valence electrons. The van der Waals surface area contributed by atoms with Crippen LogP contribution in [0.25, 0.3) is 0 Å². The molecule has 1 saturated heterocycles.